The quantitative estimate of drug-likeness (QED) is 0.871. The van der Waals surface area contributed by atoms with Crippen LogP contribution in [0.4, 0.5) is 13.2 Å². The van der Waals surface area contributed by atoms with Gasteiger partial charge in [-0.15, -0.1) is 0 Å². The molecule has 0 aliphatic rings. The molecule has 1 unspecified atom stereocenters. The molecule has 0 amide bonds. The van der Waals surface area contributed by atoms with Gasteiger partial charge in [0.05, 0.1) is 17.2 Å². The number of halogens is 3. The van der Waals surface area contributed by atoms with E-state index in [2.05, 4.69) is 0 Å². The average molecular weight is 301 g/mol. The van der Waals surface area contributed by atoms with E-state index in [1.807, 2.05) is 6.92 Å². The number of carboxylic acids is 1. The Kier molecular flexibility index (Phi) is 5.59. The van der Waals surface area contributed by atoms with Crippen LogP contribution in [0.15, 0.2) is 18.2 Å². The monoisotopic (exact) mass is 301 g/mol. The number of hydrogen-bond donors (Lipinski definition) is 1. The van der Waals surface area contributed by atoms with Gasteiger partial charge in [0.15, 0.2) is 6.10 Å². The van der Waals surface area contributed by atoms with Gasteiger partial charge < -0.3 is 9.84 Å². The summed E-state index contributed by atoms with van der Waals surface area (Å²) in [5.41, 5.74) is -1.67. The van der Waals surface area contributed by atoms with Crippen LogP contribution in [0.5, 0.6) is 5.75 Å². The Morgan fingerprint density at radius 2 is 2.14 bits per heavy atom. The second-order valence-electron chi connectivity index (χ2n) is 4.40. The fourth-order valence-electron chi connectivity index (χ4n) is 1.72. The van der Waals surface area contributed by atoms with E-state index in [4.69, 9.17) is 15.1 Å². The molecule has 0 radical (unpaired) electrons. The molecular weight excluding hydrogens is 287 g/mol. The molecule has 0 saturated carbocycles. The Morgan fingerprint density at radius 3 is 2.62 bits per heavy atom. The molecule has 1 aromatic rings. The zero-order valence-corrected chi connectivity index (χ0v) is 11.3. The lowest BCUT2D eigenvalue weighted by atomic mass is 10.1. The summed E-state index contributed by atoms with van der Waals surface area (Å²) in [5.74, 6) is -1.45. The summed E-state index contributed by atoms with van der Waals surface area (Å²) in [5, 5.41) is 17.7. The Bertz CT molecular complexity index is 549. The van der Waals surface area contributed by atoms with Crippen molar-refractivity contribution in [2.24, 2.45) is 0 Å². The number of hydrogen-bond acceptors (Lipinski definition) is 3. The maximum absolute atomic E-state index is 12.8. The predicted molar refractivity (Wildman–Crippen MR) is 67.7 cm³/mol. The van der Waals surface area contributed by atoms with Crippen molar-refractivity contribution in [2.45, 2.75) is 38.5 Å². The van der Waals surface area contributed by atoms with Gasteiger partial charge in [-0.05, 0) is 31.0 Å². The maximum Gasteiger partial charge on any atom is 0.417 e. The van der Waals surface area contributed by atoms with Gasteiger partial charge in [0.25, 0.3) is 0 Å². The SMILES string of the molecule is CCCCC(Oc1ccc(C#N)c(C(F)(F)F)c1)C(=O)O. The van der Waals surface area contributed by atoms with E-state index >= 15 is 0 Å². The van der Waals surface area contributed by atoms with Crippen molar-refractivity contribution in [3.63, 3.8) is 0 Å². The molecule has 0 aliphatic carbocycles. The highest BCUT2D eigenvalue weighted by Crippen LogP contribution is 2.34. The number of rotatable bonds is 6. The van der Waals surface area contributed by atoms with Gasteiger partial charge in [-0.2, -0.15) is 18.4 Å². The number of ether oxygens (including phenoxy) is 1. The van der Waals surface area contributed by atoms with Crippen LogP contribution in [-0.4, -0.2) is 17.2 Å². The van der Waals surface area contributed by atoms with Crippen molar-refractivity contribution in [3.05, 3.63) is 29.3 Å². The highest BCUT2D eigenvalue weighted by Gasteiger charge is 2.34. The summed E-state index contributed by atoms with van der Waals surface area (Å²) in [6, 6.07) is 4.23. The van der Waals surface area contributed by atoms with E-state index in [9.17, 15) is 18.0 Å². The van der Waals surface area contributed by atoms with E-state index in [0.29, 0.717) is 12.5 Å². The number of benzene rings is 1. The molecule has 1 rings (SSSR count). The highest BCUT2D eigenvalue weighted by atomic mass is 19.4. The van der Waals surface area contributed by atoms with E-state index in [0.717, 1.165) is 18.6 Å². The zero-order valence-electron chi connectivity index (χ0n) is 11.3. The molecule has 0 aromatic heterocycles. The molecule has 0 fully saturated rings. The third kappa shape index (κ3) is 4.67. The van der Waals surface area contributed by atoms with Crippen molar-refractivity contribution in [2.75, 3.05) is 0 Å². The third-order valence-electron chi connectivity index (χ3n) is 2.79. The van der Waals surface area contributed by atoms with Crippen LogP contribution in [0.25, 0.3) is 0 Å². The smallest absolute Gasteiger partial charge is 0.417 e. The molecule has 0 heterocycles. The number of unbranched alkanes of at least 4 members (excludes halogenated alkanes) is 1. The predicted octanol–water partition coefficient (Wildman–Crippen LogP) is 3.60. The molecule has 0 spiro atoms. The van der Waals surface area contributed by atoms with Gasteiger partial charge in [-0.25, -0.2) is 4.79 Å². The third-order valence-corrected chi connectivity index (χ3v) is 2.79. The molecule has 4 nitrogen and oxygen atoms in total. The molecule has 0 bridgehead atoms. The van der Waals surface area contributed by atoms with Crippen LogP contribution in [0.3, 0.4) is 0 Å². The molecular formula is C14H14F3NO3. The molecule has 1 N–H and O–H groups in total. The first-order valence-electron chi connectivity index (χ1n) is 6.30. The molecule has 1 atom stereocenters. The minimum Gasteiger partial charge on any atom is -0.479 e. The minimum atomic E-state index is -4.70. The number of nitrogens with zero attached hydrogens (tertiary/aromatic N) is 1. The number of alkyl halides is 3. The number of carboxylic acid groups (broad SMARTS) is 1. The van der Waals surface area contributed by atoms with Crippen LogP contribution in [-0.2, 0) is 11.0 Å². The van der Waals surface area contributed by atoms with Crippen molar-refractivity contribution in [1.29, 1.82) is 5.26 Å². The normalized spacial score (nSPS) is 12.5. The molecule has 0 aliphatic heterocycles. The fourth-order valence-corrected chi connectivity index (χ4v) is 1.72. The molecule has 114 valence electrons. The van der Waals surface area contributed by atoms with Crippen LogP contribution < -0.4 is 4.74 Å². The number of carbonyl (C=O) groups is 1. The summed E-state index contributed by atoms with van der Waals surface area (Å²) >= 11 is 0. The number of aliphatic carboxylic acids is 1. The lowest BCUT2D eigenvalue weighted by Crippen LogP contribution is -2.27. The van der Waals surface area contributed by atoms with E-state index < -0.39 is 29.4 Å². The Labute approximate surface area is 119 Å². The highest BCUT2D eigenvalue weighted by molar-refractivity contribution is 5.72. The van der Waals surface area contributed by atoms with Gasteiger partial charge in [0.2, 0.25) is 0 Å². The maximum atomic E-state index is 12.8. The lowest BCUT2D eigenvalue weighted by Gasteiger charge is -2.16. The van der Waals surface area contributed by atoms with Gasteiger partial charge in [-0.3, -0.25) is 0 Å². The van der Waals surface area contributed by atoms with Gasteiger partial charge in [0, 0.05) is 0 Å². The van der Waals surface area contributed by atoms with E-state index in [1.54, 1.807) is 0 Å². The summed E-state index contributed by atoms with van der Waals surface area (Å²) in [6.07, 6.45) is -4.38. The van der Waals surface area contributed by atoms with Crippen LogP contribution >= 0.6 is 0 Å². The average Bonchev–Trinajstić information content (AvgIpc) is 2.42. The zero-order chi connectivity index (χ0) is 16.0. The number of nitriles is 1. The summed E-state index contributed by atoms with van der Waals surface area (Å²) in [7, 11) is 0. The first-order chi connectivity index (χ1) is 9.79. The molecule has 21 heavy (non-hydrogen) atoms. The van der Waals surface area contributed by atoms with Gasteiger partial charge >= 0.3 is 12.1 Å². The second kappa shape index (κ2) is 6.97. The lowest BCUT2D eigenvalue weighted by molar-refractivity contribution is -0.145. The van der Waals surface area contributed by atoms with Gasteiger partial charge in [-0.1, -0.05) is 13.3 Å². The van der Waals surface area contributed by atoms with E-state index in [-0.39, 0.29) is 12.2 Å². The van der Waals surface area contributed by atoms with Crippen LogP contribution in [0.1, 0.15) is 37.3 Å². The fraction of sp³-hybridized carbons (Fsp3) is 0.429. The Balaban J connectivity index is 3.03. The van der Waals surface area contributed by atoms with Crippen molar-refractivity contribution in [1.82, 2.24) is 0 Å². The second-order valence-corrected chi connectivity index (χ2v) is 4.40. The van der Waals surface area contributed by atoms with E-state index in [1.165, 1.54) is 6.07 Å². The van der Waals surface area contributed by atoms with Crippen LogP contribution in [0, 0.1) is 11.3 Å². The largest absolute Gasteiger partial charge is 0.479 e. The first kappa shape index (κ1) is 16.8. The molecule has 1 aromatic carbocycles. The topological polar surface area (TPSA) is 70.3 Å². The van der Waals surface area contributed by atoms with Crippen LogP contribution in [0.2, 0.25) is 0 Å². The summed E-state index contributed by atoms with van der Waals surface area (Å²) in [6.45, 7) is 1.86. The van der Waals surface area contributed by atoms with Crippen molar-refractivity contribution < 1.29 is 27.8 Å². The van der Waals surface area contributed by atoms with Crippen molar-refractivity contribution in [3.8, 4) is 11.8 Å². The minimum absolute atomic E-state index is 0.202. The Morgan fingerprint density at radius 1 is 1.48 bits per heavy atom. The van der Waals surface area contributed by atoms with Crippen molar-refractivity contribution >= 4 is 5.97 Å². The summed E-state index contributed by atoms with van der Waals surface area (Å²) in [4.78, 5) is 11.0. The molecule has 7 heteroatoms. The van der Waals surface area contributed by atoms with Gasteiger partial charge in [0.1, 0.15) is 5.75 Å². The molecule has 0 saturated heterocycles. The first-order valence-corrected chi connectivity index (χ1v) is 6.30. The summed E-state index contributed by atoms with van der Waals surface area (Å²) < 4.78 is 43.5. The Hall–Kier alpha value is -2.23. The standard InChI is InChI=1S/C14H14F3NO3/c1-2-3-4-12(13(19)20)21-10-6-5-9(8-18)11(7-10)14(15,16)17/h5-7,12H,2-4H2,1H3,(H,19,20).